The number of anilines is 1. The normalized spacial score (nSPS) is 10.7. The highest BCUT2D eigenvalue weighted by Gasteiger charge is 2.13. The first-order chi connectivity index (χ1) is 9.40. The summed E-state index contributed by atoms with van der Waals surface area (Å²) < 4.78 is 5.18. The predicted molar refractivity (Wildman–Crippen MR) is 90.6 cm³/mol. The van der Waals surface area contributed by atoms with Gasteiger partial charge in [-0.3, -0.25) is 10.2 Å². The molecule has 0 fully saturated rings. The molecule has 1 aromatic rings. The molecule has 6 heteroatoms. The Morgan fingerprint density at radius 3 is 2.43 bits per heavy atom. The van der Waals surface area contributed by atoms with E-state index in [1.165, 1.54) is 0 Å². The van der Waals surface area contributed by atoms with Crippen LogP contribution in [0.3, 0.4) is 0 Å². The zero-order valence-corrected chi connectivity index (χ0v) is 14.5. The van der Waals surface area contributed by atoms with E-state index in [9.17, 15) is 4.79 Å². The number of carbonyl (C=O) groups is 1. The minimum Gasteiger partial charge on any atom is -0.448 e. The molecule has 0 bridgehead atoms. The number of benzene rings is 1. The maximum absolute atomic E-state index is 11.7. The fourth-order valence-corrected chi connectivity index (χ4v) is 2.27. The van der Waals surface area contributed by atoms with Gasteiger partial charge in [-0.1, -0.05) is 17.7 Å². The lowest BCUT2D eigenvalue weighted by molar-refractivity contribution is 0.111. The molecule has 1 aromatic carbocycles. The topological polar surface area (TPSA) is 41.6 Å². The van der Waals surface area contributed by atoms with E-state index >= 15 is 0 Å². The zero-order valence-electron chi connectivity index (χ0n) is 12.9. The van der Waals surface area contributed by atoms with Crippen molar-refractivity contribution in [3.8, 4) is 0 Å². The summed E-state index contributed by atoms with van der Waals surface area (Å²) in [5.74, 6) is 0. The van der Waals surface area contributed by atoms with Gasteiger partial charge in [0.05, 0.1) is 0 Å². The van der Waals surface area contributed by atoms with E-state index in [2.05, 4.69) is 37.9 Å². The maximum atomic E-state index is 11.7. The number of carbonyl (C=O) groups excluding carboxylic acids is 1. The Labute approximate surface area is 138 Å². The molecule has 0 aromatic heterocycles. The molecule has 0 aliphatic carbocycles. The van der Waals surface area contributed by atoms with Crippen LogP contribution < -0.4 is 5.32 Å². The Bertz CT molecular complexity index is 431. The molecule has 0 atom stereocenters. The van der Waals surface area contributed by atoms with Gasteiger partial charge in [0, 0.05) is 29.3 Å². The predicted octanol–water partition coefficient (Wildman–Crippen LogP) is 4.43. The lowest BCUT2D eigenvalue weighted by Gasteiger charge is -2.30. The Morgan fingerprint density at radius 1 is 1.29 bits per heavy atom. The van der Waals surface area contributed by atoms with Crippen molar-refractivity contribution in [2.24, 2.45) is 0 Å². The summed E-state index contributed by atoms with van der Waals surface area (Å²) >= 11 is 5.85. The van der Waals surface area contributed by atoms with Gasteiger partial charge in [-0.25, -0.2) is 4.79 Å². The first-order valence-corrected chi connectivity index (χ1v) is 7.23. The van der Waals surface area contributed by atoms with Gasteiger partial charge in [-0.05, 0) is 45.9 Å². The van der Waals surface area contributed by atoms with Crippen molar-refractivity contribution in [3.05, 3.63) is 29.3 Å². The smallest absolute Gasteiger partial charge is 0.411 e. The van der Waals surface area contributed by atoms with Crippen LogP contribution in [-0.2, 0) is 4.74 Å². The first kappa shape index (κ1) is 20.0. The summed E-state index contributed by atoms with van der Waals surface area (Å²) in [4.78, 5) is 13.9. The lowest BCUT2D eigenvalue weighted by atomic mass is 10.2. The summed E-state index contributed by atoms with van der Waals surface area (Å²) in [6, 6.07) is 7.82. The molecule has 0 radical (unpaired) electrons. The van der Waals surface area contributed by atoms with E-state index in [0.29, 0.717) is 29.4 Å². The van der Waals surface area contributed by atoms with Crippen LogP contribution in [0.1, 0.15) is 27.7 Å². The van der Waals surface area contributed by atoms with Crippen molar-refractivity contribution >= 4 is 35.8 Å². The quantitative estimate of drug-likeness (QED) is 0.836. The van der Waals surface area contributed by atoms with Crippen molar-refractivity contribution in [1.82, 2.24) is 4.90 Å². The number of amides is 1. The van der Waals surface area contributed by atoms with E-state index in [-0.39, 0.29) is 12.4 Å². The first-order valence-electron chi connectivity index (χ1n) is 6.85. The number of nitrogens with one attached hydrogen (secondary N) is 1. The van der Waals surface area contributed by atoms with Crippen LogP contribution in [0.25, 0.3) is 0 Å². The fourth-order valence-electron chi connectivity index (χ4n) is 2.08. The van der Waals surface area contributed by atoms with Crippen molar-refractivity contribution in [2.45, 2.75) is 39.8 Å². The second-order valence-corrected chi connectivity index (χ2v) is 5.63. The number of halogens is 2. The molecule has 0 saturated carbocycles. The van der Waals surface area contributed by atoms with Gasteiger partial charge < -0.3 is 4.74 Å². The molecule has 21 heavy (non-hydrogen) atoms. The molecule has 0 unspecified atom stereocenters. The van der Waals surface area contributed by atoms with Crippen LogP contribution >= 0.6 is 24.0 Å². The van der Waals surface area contributed by atoms with Gasteiger partial charge in [0.1, 0.15) is 6.61 Å². The molecule has 0 aliphatic heterocycles. The number of hydrogen-bond acceptors (Lipinski definition) is 3. The van der Waals surface area contributed by atoms with Gasteiger partial charge in [0.15, 0.2) is 0 Å². The maximum Gasteiger partial charge on any atom is 0.411 e. The summed E-state index contributed by atoms with van der Waals surface area (Å²) in [5.41, 5.74) is 0.632. The lowest BCUT2D eigenvalue weighted by Crippen LogP contribution is -2.39. The molecular weight excluding hydrogens is 311 g/mol. The molecule has 120 valence electrons. The third-order valence-electron chi connectivity index (χ3n) is 2.98. The molecular formula is C15H24Cl2N2O2. The van der Waals surface area contributed by atoms with Gasteiger partial charge in [0.25, 0.3) is 0 Å². The summed E-state index contributed by atoms with van der Waals surface area (Å²) in [5, 5.41) is 3.23. The van der Waals surface area contributed by atoms with E-state index < -0.39 is 6.09 Å². The van der Waals surface area contributed by atoms with Crippen molar-refractivity contribution < 1.29 is 9.53 Å². The Hall–Kier alpha value is -0.970. The Balaban J connectivity index is 0.00000400. The molecule has 1 amide bonds. The highest BCUT2D eigenvalue weighted by molar-refractivity contribution is 6.30. The van der Waals surface area contributed by atoms with Crippen LogP contribution in [-0.4, -0.2) is 36.2 Å². The Morgan fingerprint density at radius 2 is 1.90 bits per heavy atom. The van der Waals surface area contributed by atoms with E-state index in [1.807, 2.05) is 0 Å². The largest absolute Gasteiger partial charge is 0.448 e. The molecule has 1 rings (SSSR count). The van der Waals surface area contributed by atoms with Crippen molar-refractivity contribution in [3.63, 3.8) is 0 Å². The second-order valence-electron chi connectivity index (χ2n) is 5.20. The summed E-state index contributed by atoms with van der Waals surface area (Å²) in [7, 11) is 0. The monoisotopic (exact) mass is 334 g/mol. The standard InChI is InChI=1S/C15H23ClN2O2.ClH/c1-11(2)18(12(3)4)8-9-20-15(19)17-14-7-5-6-13(16)10-14;/h5-7,10-12H,8-9H2,1-4H3,(H,17,19);1H. The SMILES string of the molecule is CC(C)N(CCOC(=O)Nc1cccc(Cl)c1)C(C)C.Cl. The molecule has 1 N–H and O–H groups in total. The van der Waals surface area contributed by atoms with Crippen molar-refractivity contribution in [1.29, 1.82) is 0 Å². The van der Waals surface area contributed by atoms with Gasteiger partial charge in [-0.15, -0.1) is 12.4 Å². The van der Waals surface area contributed by atoms with Crippen LogP contribution in [0.15, 0.2) is 24.3 Å². The molecule has 0 heterocycles. The van der Waals surface area contributed by atoms with Crippen molar-refractivity contribution in [2.75, 3.05) is 18.5 Å². The van der Waals surface area contributed by atoms with Crippen LogP contribution in [0.5, 0.6) is 0 Å². The second kappa shape index (κ2) is 9.87. The van der Waals surface area contributed by atoms with Crippen LogP contribution in [0.2, 0.25) is 5.02 Å². The average molecular weight is 335 g/mol. The zero-order chi connectivity index (χ0) is 15.1. The fraction of sp³-hybridized carbons (Fsp3) is 0.533. The molecule has 0 spiro atoms. The highest BCUT2D eigenvalue weighted by Crippen LogP contribution is 2.15. The van der Waals surface area contributed by atoms with Gasteiger partial charge >= 0.3 is 6.09 Å². The number of rotatable bonds is 6. The third kappa shape index (κ3) is 7.55. The molecule has 0 saturated heterocycles. The number of nitrogens with zero attached hydrogens (tertiary/aromatic N) is 1. The molecule has 4 nitrogen and oxygen atoms in total. The Kier molecular flexibility index (Phi) is 9.42. The third-order valence-corrected chi connectivity index (χ3v) is 3.22. The summed E-state index contributed by atoms with van der Waals surface area (Å²) in [6.45, 7) is 9.61. The van der Waals surface area contributed by atoms with E-state index in [4.69, 9.17) is 16.3 Å². The number of ether oxygens (including phenoxy) is 1. The summed E-state index contributed by atoms with van der Waals surface area (Å²) in [6.07, 6.45) is -0.459. The molecule has 0 aliphatic rings. The van der Waals surface area contributed by atoms with Crippen LogP contribution in [0.4, 0.5) is 10.5 Å². The minimum absolute atomic E-state index is 0. The van der Waals surface area contributed by atoms with E-state index in [0.717, 1.165) is 6.54 Å². The van der Waals surface area contributed by atoms with Gasteiger partial charge in [-0.2, -0.15) is 0 Å². The van der Waals surface area contributed by atoms with E-state index in [1.54, 1.807) is 24.3 Å². The van der Waals surface area contributed by atoms with Gasteiger partial charge in [0.2, 0.25) is 0 Å². The average Bonchev–Trinajstić information content (AvgIpc) is 2.33. The van der Waals surface area contributed by atoms with Crippen LogP contribution in [0, 0.1) is 0 Å². The highest BCUT2D eigenvalue weighted by atomic mass is 35.5. The minimum atomic E-state index is -0.459. The number of hydrogen-bond donors (Lipinski definition) is 1.